The van der Waals surface area contributed by atoms with Crippen molar-refractivity contribution in [3.8, 4) is 0 Å². The highest BCUT2D eigenvalue weighted by atomic mass is 17.0. The molecular weight excluding hydrogens is 130 g/mol. The molecule has 0 aliphatic rings. The number of rotatable bonds is 2. The van der Waals surface area contributed by atoms with E-state index < -0.39 is 0 Å². The molecule has 0 aromatic heterocycles. The van der Waals surface area contributed by atoms with Crippen LogP contribution in [0.15, 0.2) is 0 Å². The van der Waals surface area contributed by atoms with Crippen LogP contribution in [-0.4, -0.2) is 31.6 Å². The van der Waals surface area contributed by atoms with Gasteiger partial charge in [-0.3, -0.25) is 0 Å². The first kappa shape index (κ1) is 9.88. The molecule has 10 heavy (non-hydrogen) atoms. The minimum Gasteiger partial charge on any atom is -0.172 e. The highest BCUT2D eigenvalue weighted by Gasteiger charge is 2.26. The van der Waals surface area contributed by atoms with E-state index in [9.17, 15) is 0 Å². The third-order valence-corrected chi connectivity index (χ3v) is 0.933. The Labute approximate surface area is 63.0 Å². The monoisotopic (exact) mass is 148 g/mol. The summed E-state index contributed by atoms with van der Waals surface area (Å²) in [6.45, 7) is 5.98. The van der Waals surface area contributed by atoms with Gasteiger partial charge in [0, 0.05) is 0 Å². The summed E-state index contributed by atoms with van der Waals surface area (Å²) in [5, 5.41) is 0. The van der Waals surface area contributed by atoms with E-state index in [0.717, 1.165) is 0 Å². The second kappa shape index (κ2) is 2.86. The van der Waals surface area contributed by atoms with Gasteiger partial charge in [0.25, 0.3) is 0 Å². The molecule has 0 spiro atoms. The summed E-state index contributed by atoms with van der Waals surface area (Å²) in [7, 11) is 5.29. The molecule has 0 rings (SSSR count). The van der Waals surface area contributed by atoms with E-state index in [-0.39, 0.29) is 10.4 Å². The molecule has 0 atom stereocenters. The molecule has 0 saturated carbocycles. The summed E-state index contributed by atoms with van der Waals surface area (Å²) in [5.74, 6) is 0. The summed E-state index contributed by atoms with van der Waals surface area (Å²) in [4.78, 5) is 10.6. The zero-order valence-corrected chi connectivity index (χ0v) is 7.76. The SMILES string of the molecule is CO[N+](C)(C)OC(C)(C)C. The van der Waals surface area contributed by atoms with Crippen molar-refractivity contribution in [2.75, 3.05) is 21.2 Å². The van der Waals surface area contributed by atoms with Crippen molar-refractivity contribution < 1.29 is 14.5 Å². The standard InChI is InChI=1S/C7H18NO2/c1-7(2,3)10-8(4,5)9-6/h1-6H3/q+1. The fraction of sp³-hybridized carbons (Fsp3) is 1.00. The Morgan fingerprint density at radius 2 is 1.50 bits per heavy atom. The van der Waals surface area contributed by atoms with Crippen LogP contribution in [0.25, 0.3) is 0 Å². The van der Waals surface area contributed by atoms with Gasteiger partial charge in [-0.1, -0.05) is 0 Å². The molecular formula is C7H18NO2+. The molecule has 0 aliphatic carbocycles. The van der Waals surface area contributed by atoms with Gasteiger partial charge in [-0.2, -0.15) is 9.68 Å². The predicted molar refractivity (Wildman–Crippen MR) is 40.0 cm³/mol. The molecule has 0 bridgehead atoms. The van der Waals surface area contributed by atoms with E-state index in [1.165, 1.54) is 0 Å². The Morgan fingerprint density at radius 3 is 1.60 bits per heavy atom. The highest BCUT2D eigenvalue weighted by molar-refractivity contribution is 4.53. The molecule has 0 heterocycles. The van der Waals surface area contributed by atoms with E-state index >= 15 is 0 Å². The number of quaternary nitrogens is 1. The average molecular weight is 148 g/mol. The first-order valence-corrected chi connectivity index (χ1v) is 3.37. The van der Waals surface area contributed by atoms with Crippen LogP contribution in [0, 0.1) is 0 Å². The maximum atomic E-state index is 5.49. The summed E-state index contributed by atoms with van der Waals surface area (Å²) < 4.78 is 0. The summed E-state index contributed by atoms with van der Waals surface area (Å²) in [6, 6.07) is 0. The van der Waals surface area contributed by atoms with Gasteiger partial charge >= 0.3 is 0 Å². The summed E-state index contributed by atoms with van der Waals surface area (Å²) in [6.07, 6.45) is 0. The van der Waals surface area contributed by atoms with Crippen molar-refractivity contribution in [2.24, 2.45) is 0 Å². The zero-order valence-electron chi connectivity index (χ0n) is 7.76. The number of hydrogen-bond acceptors (Lipinski definition) is 2. The molecule has 62 valence electrons. The molecule has 0 aromatic carbocycles. The van der Waals surface area contributed by atoms with E-state index in [2.05, 4.69) is 0 Å². The third-order valence-electron chi connectivity index (χ3n) is 0.933. The molecule has 0 aromatic rings. The fourth-order valence-electron chi connectivity index (χ4n) is 0.697. The fourth-order valence-corrected chi connectivity index (χ4v) is 0.697. The van der Waals surface area contributed by atoms with Crippen molar-refractivity contribution in [1.29, 1.82) is 0 Å². The topological polar surface area (TPSA) is 18.5 Å². The van der Waals surface area contributed by atoms with Gasteiger partial charge in [-0.05, 0) is 25.6 Å². The first-order chi connectivity index (χ1) is 4.27. The second-order valence-corrected chi connectivity index (χ2v) is 3.64. The van der Waals surface area contributed by atoms with Crippen LogP contribution in [0.3, 0.4) is 0 Å². The maximum Gasteiger partial charge on any atom is 0.132 e. The number of nitrogens with zero attached hydrogens (tertiary/aromatic N) is 1. The predicted octanol–water partition coefficient (Wildman–Crippen LogP) is 1.35. The molecule has 3 nitrogen and oxygen atoms in total. The van der Waals surface area contributed by atoms with Gasteiger partial charge in [0.2, 0.25) is 0 Å². The van der Waals surface area contributed by atoms with Crippen LogP contribution in [0.4, 0.5) is 0 Å². The van der Waals surface area contributed by atoms with Crippen molar-refractivity contribution in [3.63, 3.8) is 0 Å². The first-order valence-electron chi connectivity index (χ1n) is 3.37. The van der Waals surface area contributed by atoms with Crippen LogP contribution in [-0.2, 0) is 9.68 Å². The van der Waals surface area contributed by atoms with E-state index in [1.54, 1.807) is 7.11 Å². The zero-order chi connectivity index (χ0) is 8.41. The molecule has 0 amide bonds. The van der Waals surface area contributed by atoms with E-state index in [4.69, 9.17) is 9.68 Å². The normalized spacial score (nSPS) is 13.8. The lowest BCUT2D eigenvalue weighted by Gasteiger charge is -2.29. The quantitative estimate of drug-likeness (QED) is 0.435. The van der Waals surface area contributed by atoms with Gasteiger partial charge in [0.05, 0.1) is 7.11 Å². The second-order valence-electron chi connectivity index (χ2n) is 3.64. The molecule has 0 fully saturated rings. The van der Waals surface area contributed by atoms with Crippen LogP contribution >= 0.6 is 0 Å². The van der Waals surface area contributed by atoms with Crippen molar-refractivity contribution in [3.05, 3.63) is 0 Å². The number of hydrogen-bond donors (Lipinski definition) is 0. The Hall–Kier alpha value is -0.120. The van der Waals surface area contributed by atoms with Gasteiger partial charge < -0.3 is 0 Å². The van der Waals surface area contributed by atoms with Crippen molar-refractivity contribution >= 4 is 0 Å². The third kappa shape index (κ3) is 4.73. The lowest BCUT2D eigenvalue weighted by atomic mass is 10.2. The molecule has 3 heteroatoms. The van der Waals surface area contributed by atoms with E-state index in [1.807, 2.05) is 34.9 Å². The van der Waals surface area contributed by atoms with Crippen molar-refractivity contribution in [2.45, 2.75) is 26.4 Å². The van der Waals surface area contributed by atoms with Crippen LogP contribution < -0.4 is 0 Å². The lowest BCUT2D eigenvalue weighted by Crippen LogP contribution is -2.44. The smallest absolute Gasteiger partial charge is 0.132 e. The largest absolute Gasteiger partial charge is 0.172 e. The van der Waals surface area contributed by atoms with Crippen LogP contribution in [0.1, 0.15) is 20.8 Å². The van der Waals surface area contributed by atoms with Crippen LogP contribution in [0.2, 0.25) is 0 Å². The molecule has 0 N–H and O–H groups in total. The molecule has 0 saturated heterocycles. The highest BCUT2D eigenvalue weighted by Crippen LogP contribution is 2.13. The van der Waals surface area contributed by atoms with E-state index in [0.29, 0.717) is 0 Å². The van der Waals surface area contributed by atoms with Gasteiger partial charge in [-0.25, -0.2) is 0 Å². The average Bonchev–Trinajstić information content (AvgIpc) is 1.60. The minimum absolute atomic E-state index is 0.128. The Kier molecular flexibility index (Phi) is 2.83. The van der Waals surface area contributed by atoms with Gasteiger partial charge in [0.15, 0.2) is 0 Å². The summed E-state index contributed by atoms with van der Waals surface area (Å²) >= 11 is 0. The Balaban J connectivity index is 3.89. The molecule has 0 aliphatic heterocycles. The number of hydroxylamine groups is 4. The van der Waals surface area contributed by atoms with Gasteiger partial charge in [0.1, 0.15) is 19.7 Å². The summed E-state index contributed by atoms with van der Waals surface area (Å²) in [5.41, 5.74) is -0.167. The Bertz CT molecular complexity index is 105. The Morgan fingerprint density at radius 1 is 1.10 bits per heavy atom. The van der Waals surface area contributed by atoms with Crippen molar-refractivity contribution in [1.82, 2.24) is 0 Å². The molecule has 0 unspecified atom stereocenters. The molecule has 0 radical (unpaired) electrons. The maximum absolute atomic E-state index is 5.49. The lowest BCUT2D eigenvalue weighted by molar-refractivity contribution is -1.23. The minimum atomic E-state index is -0.167. The van der Waals surface area contributed by atoms with Gasteiger partial charge in [-0.15, -0.1) is 0 Å². The van der Waals surface area contributed by atoms with Crippen LogP contribution in [0.5, 0.6) is 0 Å².